The molecule has 1 aromatic heterocycles. The third-order valence-electron chi connectivity index (χ3n) is 2.79. The number of benzene rings is 1. The maximum atomic E-state index is 10.9. The summed E-state index contributed by atoms with van der Waals surface area (Å²) in [4.78, 5) is 10.4. The van der Waals surface area contributed by atoms with Gasteiger partial charge in [0.05, 0.1) is 16.6 Å². The lowest BCUT2D eigenvalue weighted by Gasteiger charge is -2.07. The highest BCUT2D eigenvalue weighted by Crippen LogP contribution is 2.25. The van der Waals surface area contributed by atoms with E-state index in [4.69, 9.17) is 5.26 Å². The molecule has 0 radical (unpaired) electrons. The van der Waals surface area contributed by atoms with Crippen molar-refractivity contribution in [3.8, 4) is 6.07 Å². The fourth-order valence-corrected chi connectivity index (χ4v) is 1.75. The van der Waals surface area contributed by atoms with Crippen LogP contribution in [0.3, 0.4) is 0 Å². The molecule has 0 fully saturated rings. The molecule has 102 valence electrons. The molecule has 0 amide bonds. The van der Waals surface area contributed by atoms with Crippen LogP contribution in [0.4, 0.5) is 11.4 Å². The molecule has 8 heteroatoms. The number of aromatic nitrogens is 3. The number of hydrogen-bond donors (Lipinski definition) is 1. The van der Waals surface area contributed by atoms with Gasteiger partial charge >= 0.3 is 0 Å². The Morgan fingerprint density at radius 2 is 2.35 bits per heavy atom. The Kier molecular flexibility index (Phi) is 3.91. The largest absolute Gasteiger partial charge is 0.379 e. The quantitative estimate of drug-likeness (QED) is 0.648. The number of nitrogens with one attached hydrogen (secondary N) is 1. The van der Waals surface area contributed by atoms with E-state index in [0.29, 0.717) is 24.2 Å². The normalized spacial score (nSPS) is 10.0. The van der Waals surface area contributed by atoms with Crippen LogP contribution >= 0.6 is 0 Å². The van der Waals surface area contributed by atoms with Crippen LogP contribution in [-0.4, -0.2) is 26.2 Å². The lowest BCUT2D eigenvalue weighted by Crippen LogP contribution is -2.10. The molecule has 0 atom stereocenters. The van der Waals surface area contributed by atoms with Crippen LogP contribution in [0.5, 0.6) is 0 Å². The molecule has 20 heavy (non-hydrogen) atoms. The van der Waals surface area contributed by atoms with Crippen molar-refractivity contribution in [2.45, 2.75) is 6.42 Å². The number of aryl methyl sites for hydroxylation is 1. The van der Waals surface area contributed by atoms with Crippen molar-refractivity contribution in [1.29, 1.82) is 5.26 Å². The summed E-state index contributed by atoms with van der Waals surface area (Å²) in [6.07, 6.45) is 2.17. The second-order valence-corrected chi connectivity index (χ2v) is 4.14. The number of nitro groups is 1. The van der Waals surface area contributed by atoms with E-state index in [1.54, 1.807) is 10.9 Å². The van der Waals surface area contributed by atoms with E-state index in [1.165, 1.54) is 18.2 Å². The lowest BCUT2D eigenvalue weighted by atomic mass is 10.2. The van der Waals surface area contributed by atoms with Crippen molar-refractivity contribution in [1.82, 2.24) is 14.8 Å². The van der Waals surface area contributed by atoms with Crippen molar-refractivity contribution >= 4 is 11.4 Å². The summed E-state index contributed by atoms with van der Waals surface area (Å²) >= 11 is 0. The van der Waals surface area contributed by atoms with Crippen molar-refractivity contribution in [2.24, 2.45) is 7.05 Å². The number of hydrogen-bond acceptors (Lipinski definition) is 6. The maximum Gasteiger partial charge on any atom is 0.292 e. The Morgan fingerprint density at radius 1 is 1.55 bits per heavy atom. The van der Waals surface area contributed by atoms with Gasteiger partial charge in [0.25, 0.3) is 5.69 Å². The number of nitrogens with zero attached hydrogens (tertiary/aromatic N) is 5. The van der Waals surface area contributed by atoms with Gasteiger partial charge in [-0.05, 0) is 12.1 Å². The lowest BCUT2D eigenvalue weighted by molar-refractivity contribution is -0.384. The maximum absolute atomic E-state index is 10.9. The van der Waals surface area contributed by atoms with Crippen LogP contribution in [0.25, 0.3) is 0 Å². The van der Waals surface area contributed by atoms with E-state index >= 15 is 0 Å². The van der Waals surface area contributed by atoms with Gasteiger partial charge in [-0.2, -0.15) is 5.26 Å². The molecule has 1 heterocycles. The average molecular weight is 272 g/mol. The van der Waals surface area contributed by atoms with Crippen LogP contribution in [0.2, 0.25) is 0 Å². The van der Waals surface area contributed by atoms with Gasteiger partial charge in [-0.15, -0.1) is 10.2 Å². The van der Waals surface area contributed by atoms with E-state index in [0.717, 1.165) is 5.82 Å². The average Bonchev–Trinajstić information content (AvgIpc) is 2.84. The highest BCUT2D eigenvalue weighted by Gasteiger charge is 2.14. The van der Waals surface area contributed by atoms with Gasteiger partial charge in [0.15, 0.2) is 0 Å². The zero-order valence-corrected chi connectivity index (χ0v) is 10.8. The molecule has 0 unspecified atom stereocenters. The van der Waals surface area contributed by atoms with Crippen molar-refractivity contribution in [3.63, 3.8) is 0 Å². The molecule has 2 rings (SSSR count). The molecule has 0 saturated carbocycles. The Hall–Kier alpha value is -2.95. The predicted molar refractivity (Wildman–Crippen MR) is 71.0 cm³/mol. The van der Waals surface area contributed by atoms with Gasteiger partial charge < -0.3 is 9.88 Å². The third-order valence-corrected chi connectivity index (χ3v) is 2.79. The molecule has 0 spiro atoms. The monoisotopic (exact) mass is 272 g/mol. The number of rotatable bonds is 5. The fraction of sp³-hybridized carbons (Fsp3) is 0.250. The van der Waals surface area contributed by atoms with Gasteiger partial charge in [0.1, 0.15) is 17.8 Å². The minimum atomic E-state index is -0.480. The zero-order valence-electron chi connectivity index (χ0n) is 10.8. The van der Waals surface area contributed by atoms with E-state index in [2.05, 4.69) is 15.5 Å². The molecular weight excluding hydrogens is 260 g/mol. The highest BCUT2D eigenvalue weighted by atomic mass is 16.6. The summed E-state index contributed by atoms with van der Waals surface area (Å²) in [5.41, 5.74) is 0.648. The molecule has 0 aliphatic heterocycles. The molecule has 0 aliphatic rings. The van der Waals surface area contributed by atoms with E-state index in [9.17, 15) is 10.1 Å². The molecule has 0 saturated heterocycles. The third kappa shape index (κ3) is 2.89. The molecule has 8 nitrogen and oxygen atoms in total. The fourth-order valence-electron chi connectivity index (χ4n) is 1.75. The first-order valence-corrected chi connectivity index (χ1v) is 5.87. The minimum absolute atomic E-state index is 0.0537. The Balaban J connectivity index is 2.10. The standard InChI is InChI=1S/C12H12N6O2/c1-17-8-15-16-12(17)4-5-14-10-6-9(7-13)2-3-11(10)18(19)20/h2-3,6,8,14H,4-5H2,1H3. The SMILES string of the molecule is Cn1cnnc1CCNc1cc(C#N)ccc1[N+](=O)[O-]. The van der Waals surface area contributed by atoms with E-state index in [1.807, 2.05) is 13.1 Å². The summed E-state index contributed by atoms with van der Waals surface area (Å²) in [6, 6.07) is 6.17. The van der Waals surface area contributed by atoms with Gasteiger partial charge in [0, 0.05) is 26.1 Å². The van der Waals surface area contributed by atoms with Gasteiger partial charge in [-0.3, -0.25) is 10.1 Å². The molecular formula is C12H12N6O2. The van der Waals surface area contributed by atoms with E-state index in [-0.39, 0.29) is 5.69 Å². The van der Waals surface area contributed by atoms with Crippen LogP contribution in [-0.2, 0) is 13.5 Å². The Labute approximate surface area is 114 Å². The van der Waals surface area contributed by atoms with Gasteiger partial charge in [-0.25, -0.2) is 0 Å². The molecule has 1 aromatic carbocycles. The van der Waals surface area contributed by atoms with Gasteiger partial charge in [-0.1, -0.05) is 0 Å². The minimum Gasteiger partial charge on any atom is -0.379 e. The van der Waals surface area contributed by atoms with Crippen LogP contribution in [0.15, 0.2) is 24.5 Å². The molecule has 0 bridgehead atoms. The first-order valence-electron chi connectivity index (χ1n) is 5.87. The van der Waals surface area contributed by atoms with Crippen molar-refractivity contribution < 1.29 is 4.92 Å². The smallest absolute Gasteiger partial charge is 0.292 e. The van der Waals surface area contributed by atoms with Gasteiger partial charge in [0.2, 0.25) is 0 Å². The van der Waals surface area contributed by atoms with Crippen LogP contribution in [0, 0.1) is 21.4 Å². The summed E-state index contributed by atoms with van der Waals surface area (Å²) in [5, 5.41) is 30.4. The van der Waals surface area contributed by atoms with E-state index < -0.39 is 4.92 Å². The van der Waals surface area contributed by atoms with Crippen LogP contribution in [0.1, 0.15) is 11.4 Å². The first-order chi connectivity index (χ1) is 9.61. The zero-order chi connectivity index (χ0) is 14.5. The topological polar surface area (TPSA) is 110 Å². The second-order valence-electron chi connectivity index (χ2n) is 4.14. The summed E-state index contributed by atoms with van der Waals surface area (Å²) in [6.45, 7) is 0.461. The Morgan fingerprint density at radius 3 is 2.95 bits per heavy atom. The van der Waals surface area contributed by atoms with Crippen LogP contribution < -0.4 is 5.32 Å². The second kappa shape index (κ2) is 5.79. The number of nitriles is 1. The summed E-state index contributed by atoms with van der Waals surface area (Å²) in [5.74, 6) is 0.775. The molecule has 0 aliphatic carbocycles. The summed E-state index contributed by atoms with van der Waals surface area (Å²) in [7, 11) is 1.83. The number of nitro benzene ring substituents is 1. The first kappa shape index (κ1) is 13.5. The van der Waals surface area contributed by atoms with Crippen molar-refractivity contribution in [2.75, 3.05) is 11.9 Å². The Bertz CT molecular complexity index is 673. The van der Waals surface area contributed by atoms with Crippen molar-refractivity contribution in [3.05, 3.63) is 46.0 Å². The number of anilines is 1. The summed E-state index contributed by atoms with van der Waals surface area (Å²) < 4.78 is 1.78. The predicted octanol–water partition coefficient (Wildman–Crippen LogP) is 1.25. The highest BCUT2D eigenvalue weighted by molar-refractivity contribution is 5.64. The molecule has 2 aromatic rings. The molecule has 1 N–H and O–H groups in total.